The van der Waals surface area contributed by atoms with Crippen molar-refractivity contribution in [2.24, 2.45) is 0 Å². The summed E-state index contributed by atoms with van der Waals surface area (Å²) in [5, 5.41) is 4.15. The van der Waals surface area contributed by atoms with E-state index in [1.54, 1.807) is 42.7 Å². The molecule has 0 amide bonds. The number of alkyl halides is 3. The van der Waals surface area contributed by atoms with Gasteiger partial charge in [0.1, 0.15) is 11.5 Å². The zero-order valence-electron chi connectivity index (χ0n) is 14.1. The predicted octanol–water partition coefficient (Wildman–Crippen LogP) is 5.50. The Labute approximate surface area is 162 Å². The van der Waals surface area contributed by atoms with Gasteiger partial charge in [0.2, 0.25) is 0 Å². The van der Waals surface area contributed by atoms with Crippen molar-refractivity contribution < 1.29 is 13.2 Å². The molecule has 4 aromatic rings. The topological polar surface area (TPSA) is 63.6 Å². The fourth-order valence-corrected chi connectivity index (χ4v) is 2.84. The Balaban J connectivity index is 1.68. The van der Waals surface area contributed by atoms with Crippen LogP contribution in [0.4, 0.5) is 24.7 Å². The molecule has 4 heterocycles. The molecular formula is C19H11ClF3N5. The van der Waals surface area contributed by atoms with Gasteiger partial charge in [-0.1, -0.05) is 11.6 Å². The maximum absolute atomic E-state index is 12.7. The fourth-order valence-electron chi connectivity index (χ4n) is 2.62. The quantitative estimate of drug-likeness (QED) is 0.491. The number of hydrogen-bond acceptors (Lipinski definition) is 5. The molecule has 0 radical (unpaired) electrons. The SMILES string of the molecule is FC(F)(F)c1ccc(Nc2ccnc3nc(-c4ncccc4Cl)ccc23)nc1. The lowest BCUT2D eigenvalue weighted by atomic mass is 10.2. The molecule has 0 aliphatic rings. The molecule has 0 atom stereocenters. The summed E-state index contributed by atoms with van der Waals surface area (Å²) in [4.78, 5) is 16.8. The van der Waals surface area contributed by atoms with Gasteiger partial charge >= 0.3 is 6.18 Å². The van der Waals surface area contributed by atoms with Crippen molar-refractivity contribution in [1.82, 2.24) is 19.9 Å². The second kappa shape index (κ2) is 7.05. The van der Waals surface area contributed by atoms with Gasteiger partial charge in [-0.15, -0.1) is 0 Å². The Kier molecular flexibility index (Phi) is 4.56. The van der Waals surface area contributed by atoms with Crippen molar-refractivity contribution >= 4 is 34.1 Å². The van der Waals surface area contributed by atoms with E-state index in [0.29, 0.717) is 33.1 Å². The molecule has 0 aliphatic carbocycles. The highest BCUT2D eigenvalue weighted by molar-refractivity contribution is 6.32. The highest BCUT2D eigenvalue weighted by Crippen LogP contribution is 2.31. The summed E-state index contributed by atoms with van der Waals surface area (Å²) in [5.41, 5.74) is 1.35. The minimum atomic E-state index is -4.43. The number of anilines is 2. The van der Waals surface area contributed by atoms with Crippen molar-refractivity contribution in [2.45, 2.75) is 6.18 Å². The summed E-state index contributed by atoms with van der Waals surface area (Å²) in [5.74, 6) is 0.275. The Morgan fingerprint density at radius 1 is 0.893 bits per heavy atom. The third kappa shape index (κ3) is 3.59. The number of nitrogens with one attached hydrogen (secondary N) is 1. The molecule has 140 valence electrons. The van der Waals surface area contributed by atoms with E-state index in [-0.39, 0.29) is 5.82 Å². The normalized spacial score (nSPS) is 11.6. The van der Waals surface area contributed by atoms with Gasteiger partial charge < -0.3 is 5.32 Å². The van der Waals surface area contributed by atoms with Gasteiger partial charge in [0, 0.05) is 24.0 Å². The highest BCUT2D eigenvalue weighted by atomic mass is 35.5. The lowest BCUT2D eigenvalue weighted by Crippen LogP contribution is -2.06. The van der Waals surface area contributed by atoms with E-state index in [9.17, 15) is 13.2 Å². The number of halogens is 4. The summed E-state index contributed by atoms with van der Waals surface area (Å²) >= 11 is 6.17. The molecule has 0 saturated carbocycles. The molecular weight excluding hydrogens is 391 g/mol. The van der Waals surface area contributed by atoms with Crippen LogP contribution in [0, 0.1) is 0 Å². The molecule has 0 fully saturated rings. The van der Waals surface area contributed by atoms with Crippen molar-refractivity contribution in [2.75, 3.05) is 5.32 Å². The monoisotopic (exact) mass is 401 g/mol. The number of fused-ring (bicyclic) bond motifs is 1. The molecule has 0 aliphatic heterocycles. The molecule has 28 heavy (non-hydrogen) atoms. The average molecular weight is 402 g/mol. The van der Waals surface area contributed by atoms with Crippen molar-refractivity contribution in [3.8, 4) is 11.4 Å². The van der Waals surface area contributed by atoms with Crippen LogP contribution in [0.3, 0.4) is 0 Å². The minimum Gasteiger partial charge on any atom is -0.340 e. The maximum Gasteiger partial charge on any atom is 0.417 e. The Bertz CT molecular complexity index is 1150. The summed E-state index contributed by atoms with van der Waals surface area (Å²) in [6, 6.07) is 10.9. The van der Waals surface area contributed by atoms with Crippen LogP contribution in [-0.2, 0) is 6.18 Å². The molecule has 0 aromatic carbocycles. The van der Waals surface area contributed by atoms with E-state index in [0.717, 1.165) is 12.3 Å². The maximum atomic E-state index is 12.7. The lowest BCUT2D eigenvalue weighted by Gasteiger charge is -2.11. The minimum absolute atomic E-state index is 0.275. The number of hydrogen-bond donors (Lipinski definition) is 1. The molecule has 4 rings (SSSR count). The van der Waals surface area contributed by atoms with Gasteiger partial charge in [0.05, 0.1) is 22.0 Å². The van der Waals surface area contributed by atoms with Crippen LogP contribution >= 0.6 is 11.6 Å². The lowest BCUT2D eigenvalue weighted by molar-refractivity contribution is -0.137. The molecule has 0 unspecified atom stereocenters. The van der Waals surface area contributed by atoms with Gasteiger partial charge in [-0.2, -0.15) is 13.2 Å². The van der Waals surface area contributed by atoms with Crippen molar-refractivity contribution in [1.29, 1.82) is 0 Å². The summed E-state index contributed by atoms with van der Waals surface area (Å²) in [7, 11) is 0. The van der Waals surface area contributed by atoms with E-state index in [1.807, 2.05) is 0 Å². The smallest absolute Gasteiger partial charge is 0.340 e. The van der Waals surface area contributed by atoms with Gasteiger partial charge in [0.25, 0.3) is 0 Å². The Morgan fingerprint density at radius 3 is 2.46 bits per heavy atom. The van der Waals surface area contributed by atoms with Crippen molar-refractivity contribution in [3.63, 3.8) is 0 Å². The number of rotatable bonds is 3. The largest absolute Gasteiger partial charge is 0.417 e. The summed E-state index contributed by atoms with van der Waals surface area (Å²) in [6.45, 7) is 0. The van der Waals surface area contributed by atoms with Gasteiger partial charge in [-0.05, 0) is 42.5 Å². The first kappa shape index (κ1) is 18.1. The van der Waals surface area contributed by atoms with Gasteiger partial charge in [-0.3, -0.25) is 4.98 Å². The van der Waals surface area contributed by atoms with E-state index in [2.05, 4.69) is 25.3 Å². The number of pyridine rings is 4. The summed E-state index contributed by atoms with van der Waals surface area (Å²) in [6.07, 6.45) is -0.479. The molecule has 4 aromatic heterocycles. The molecule has 0 spiro atoms. The zero-order chi connectivity index (χ0) is 19.7. The van der Waals surface area contributed by atoms with Crippen molar-refractivity contribution in [3.05, 3.63) is 71.6 Å². The molecule has 0 bridgehead atoms. The van der Waals surface area contributed by atoms with E-state index >= 15 is 0 Å². The van der Waals surface area contributed by atoms with Crippen LogP contribution in [0.1, 0.15) is 5.56 Å². The Hall–Kier alpha value is -3.26. The number of aromatic nitrogens is 4. The van der Waals surface area contributed by atoms with Gasteiger partial charge in [-0.25, -0.2) is 15.0 Å². The third-order valence-electron chi connectivity index (χ3n) is 3.96. The first-order chi connectivity index (χ1) is 13.4. The van der Waals surface area contributed by atoms with Crippen LogP contribution in [0.2, 0.25) is 5.02 Å². The van der Waals surface area contributed by atoms with E-state index in [1.165, 1.54) is 6.07 Å². The Morgan fingerprint density at radius 2 is 1.75 bits per heavy atom. The standard InChI is InChI=1S/C19H11ClF3N5/c20-13-2-1-8-24-17(13)15-5-4-12-14(7-9-25-18(12)28-15)27-16-6-3-11(10-26-16)19(21,22)23/h1-10H,(H,25,26,27,28). The first-order valence-corrected chi connectivity index (χ1v) is 8.46. The zero-order valence-corrected chi connectivity index (χ0v) is 14.8. The van der Waals surface area contributed by atoms with Gasteiger partial charge in [0.15, 0.2) is 5.65 Å². The van der Waals surface area contributed by atoms with E-state index in [4.69, 9.17) is 11.6 Å². The average Bonchev–Trinajstić information content (AvgIpc) is 2.68. The van der Waals surface area contributed by atoms with Crippen LogP contribution in [0.5, 0.6) is 0 Å². The molecule has 0 saturated heterocycles. The van der Waals surface area contributed by atoms with Crippen LogP contribution in [-0.4, -0.2) is 19.9 Å². The van der Waals surface area contributed by atoms with Crippen LogP contribution < -0.4 is 5.32 Å². The molecule has 1 N–H and O–H groups in total. The third-order valence-corrected chi connectivity index (χ3v) is 4.26. The highest BCUT2D eigenvalue weighted by Gasteiger charge is 2.30. The second-order valence-electron chi connectivity index (χ2n) is 5.81. The fraction of sp³-hybridized carbons (Fsp3) is 0.0526. The van der Waals surface area contributed by atoms with Crippen LogP contribution in [0.25, 0.3) is 22.4 Å². The first-order valence-electron chi connectivity index (χ1n) is 8.09. The summed E-state index contributed by atoms with van der Waals surface area (Å²) < 4.78 is 38.0. The van der Waals surface area contributed by atoms with E-state index < -0.39 is 11.7 Å². The molecule has 9 heteroatoms. The second-order valence-corrected chi connectivity index (χ2v) is 6.22. The van der Waals surface area contributed by atoms with Crippen LogP contribution in [0.15, 0.2) is 61.1 Å². The molecule has 5 nitrogen and oxygen atoms in total. The number of nitrogens with zero attached hydrogens (tertiary/aromatic N) is 4. The predicted molar refractivity (Wildman–Crippen MR) is 100 cm³/mol.